The lowest BCUT2D eigenvalue weighted by molar-refractivity contribution is -0.112. The summed E-state index contributed by atoms with van der Waals surface area (Å²) in [5.41, 5.74) is 0. The Labute approximate surface area is 125 Å². The molecule has 114 valence electrons. The van der Waals surface area contributed by atoms with Crippen molar-refractivity contribution in [2.45, 2.75) is 71.1 Å². The van der Waals surface area contributed by atoms with Gasteiger partial charge in [-0.3, -0.25) is 0 Å². The summed E-state index contributed by atoms with van der Waals surface area (Å²) in [7, 11) is 0. The van der Waals surface area contributed by atoms with E-state index in [1.807, 2.05) is 0 Å². The molecule has 0 aromatic carbocycles. The lowest BCUT2D eigenvalue weighted by atomic mass is 9.67. The Hall–Kier alpha value is -0.590. The number of carbonyl (C=O) groups is 1. The van der Waals surface area contributed by atoms with Crippen LogP contribution < -0.4 is 0 Å². The Balaban J connectivity index is 1.70. The summed E-state index contributed by atoms with van der Waals surface area (Å²) in [6.07, 6.45) is 17.0. The highest BCUT2D eigenvalue weighted by Crippen LogP contribution is 2.43. The molecule has 0 aromatic rings. The van der Waals surface area contributed by atoms with Crippen molar-refractivity contribution >= 4 is 6.29 Å². The highest BCUT2D eigenvalue weighted by Gasteiger charge is 2.31. The first-order valence-corrected chi connectivity index (χ1v) is 8.80. The zero-order valence-electron chi connectivity index (χ0n) is 13.2. The van der Waals surface area contributed by atoms with Gasteiger partial charge in [0.15, 0.2) is 0 Å². The van der Waals surface area contributed by atoms with E-state index in [1.54, 1.807) is 0 Å². The van der Waals surface area contributed by atoms with Crippen molar-refractivity contribution in [1.29, 1.82) is 0 Å². The van der Waals surface area contributed by atoms with Crippen molar-refractivity contribution in [2.24, 2.45) is 29.6 Å². The largest absolute Gasteiger partial charge is 0.303 e. The van der Waals surface area contributed by atoms with E-state index in [0.717, 1.165) is 24.0 Å². The lowest BCUT2D eigenvalue weighted by Gasteiger charge is -2.38. The first-order chi connectivity index (χ1) is 9.74. The van der Waals surface area contributed by atoms with E-state index >= 15 is 0 Å². The molecule has 1 nitrogen and oxygen atoms in total. The Kier molecular flexibility index (Phi) is 6.32. The zero-order valence-corrected chi connectivity index (χ0v) is 13.2. The minimum absolute atomic E-state index is 0.283. The molecule has 2 rings (SSSR count). The van der Waals surface area contributed by atoms with Gasteiger partial charge in [0.1, 0.15) is 6.29 Å². The van der Waals surface area contributed by atoms with Crippen LogP contribution in [0.5, 0.6) is 0 Å². The predicted molar refractivity (Wildman–Crippen MR) is 85.6 cm³/mol. The van der Waals surface area contributed by atoms with Gasteiger partial charge in [0.25, 0.3) is 0 Å². The first-order valence-electron chi connectivity index (χ1n) is 8.80. The molecule has 1 unspecified atom stereocenters. The fourth-order valence-corrected chi connectivity index (χ4v) is 4.56. The normalized spacial score (nSPS) is 36.2. The average molecular weight is 276 g/mol. The topological polar surface area (TPSA) is 17.1 Å². The highest BCUT2D eigenvalue weighted by molar-refractivity contribution is 5.53. The van der Waals surface area contributed by atoms with Crippen LogP contribution in [0.3, 0.4) is 0 Å². The Morgan fingerprint density at radius 3 is 2.05 bits per heavy atom. The zero-order chi connectivity index (χ0) is 14.4. The smallest absolute Gasteiger partial charge is 0.123 e. The molecule has 0 N–H and O–H groups in total. The van der Waals surface area contributed by atoms with Crippen LogP contribution in [0.25, 0.3) is 0 Å². The molecular formula is C19H32O. The van der Waals surface area contributed by atoms with Gasteiger partial charge in [-0.2, -0.15) is 0 Å². The molecule has 0 amide bonds. The first kappa shape index (κ1) is 15.8. The molecule has 2 aliphatic carbocycles. The number of allylic oxidation sites excluding steroid dienone is 1. The van der Waals surface area contributed by atoms with Crippen molar-refractivity contribution in [3.05, 3.63) is 12.7 Å². The number of hydrogen-bond acceptors (Lipinski definition) is 1. The maximum atomic E-state index is 10.9. The van der Waals surface area contributed by atoms with Gasteiger partial charge in [-0.25, -0.2) is 0 Å². The van der Waals surface area contributed by atoms with E-state index < -0.39 is 0 Å². The standard InChI is InChI=1S/C19H32O/c1-3-4-5-16-6-8-18(9-7-16)19-12-10-17(11-13-19)15(2)14-20/h3,14-19H,1,4-13H2,2H3/t15?,16-,17-,18-,19-. The van der Waals surface area contributed by atoms with Crippen LogP contribution in [0.15, 0.2) is 12.7 Å². The second-order valence-corrected chi connectivity index (χ2v) is 7.32. The van der Waals surface area contributed by atoms with Crippen LogP contribution in [-0.2, 0) is 4.79 Å². The summed E-state index contributed by atoms with van der Waals surface area (Å²) in [6.45, 7) is 5.94. The van der Waals surface area contributed by atoms with Gasteiger partial charge in [-0.1, -0.05) is 25.8 Å². The van der Waals surface area contributed by atoms with Gasteiger partial charge in [-0.15, -0.1) is 6.58 Å². The minimum Gasteiger partial charge on any atom is -0.303 e. The minimum atomic E-state index is 0.283. The SMILES string of the molecule is C=CCC[C@H]1CC[C@H]([C@H]2CC[C@H](C(C)C=O)CC2)CC1. The van der Waals surface area contributed by atoms with Gasteiger partial charge in [0, 0.05) is 5.92 Å². The van der Waals surface area contributed by atoms with E-state index in [4.69, 9.17) is 0 Å². The molecular weight excluding hydrogens is 244 g/mol. The maximum absolute atomic E-state index is 10.9. The van der Waals surface area contributed by atoms with Gasteiger partial charge < -0.3 is 4.79 Å². The third kappa shape index (κ3) is 4.20. The Morgan fingerprint density at radius 2 is 1.55 bits per heavy atom. The van der Waals surface area contributed by atoms with E-state index in [9.17, 15) is 4.79 Å². The molecule has 0 aliphatic heterocycles. The molecule has 0 bridgehead atoms. The molecule has 1 atom stereocenters. The predicted octanol–water partition coefficient (Wildman–Crippen LogP) is 5.40. The summed E-state index contributed by atoms with van der Waals surface area (Å²) >= 11 is 0. The summed E-state index contributed by atoms with van der Waals surface area (Å²) in [5.74, 6) is 3.88. The number of carbonyl (C=O) groups excluding carboxylic acids is 1. The second kappa shape index (κ2) is 8.00. The van der Waals surface area contributed by atoms with Crippen LogP contribution in [0.4, 0.5) is 0 Å². The molecule has 2 saturated carbocycles. The van der Waals surface area contributed by atoms with Crippen molar-refractivity contribution < 1.29 is 4.79 Å². The molecule has 0 spiro atoms. The quantitative estimate of drug-likeness (QED) is 0.469. The molecule has 2 aliphatic rings. The number of aldehydes is 1. The highest BCUT2D eigenvalue weighted by atomic mass is 16.1. The third-order valence-corrected chi connectivity index (χ3v) is 6.11. The van der Waals surface area contributed by atoms with E-state index in [-0.39, 0.29) is 5.92 Å². The van der Waals surface area contributed by atoms with Crippen molar-refractivity contribution in [3.8, 4) is 0 Å². The average Bonchev–Trinajstić information content (AvgIpc) is 2.53. The molecule has 0 aromatic heterocycles. The van der Waals surface area contributed by atoms with E-state index in [1.165, 1.54) is 64.2 Å². The monoisotopic (exact) mass is 276 g/mol. The molecule has 2 fully saturated rings. The van der Waals surface area contributed by atoms with E-state index in [0.29, 0.717) is 5.92 Å². The van der Waals surface area contributed by atoms with Crippen molar-refractivity contribution in [3.63, 3.8) is 0 Å². The summed E-state index contributed by atoms with van der Waals surface area (Å²) in [4.78, 5) is 10.9. The van der Waals surface area contributed by atoms with Crippen LogP contribution in [0.2, 0.25) is 0 Å². The van der Waals surface area contributed by atoms with Gasteiger partial charge in [0.2, 0.25) is 0 Å². The van der Waals surface area contributed by atoms with Crippen LogP contribution in [-0.4, -0.2) is 6.29 Å². The maximum Gasteiger partial charge on any atom is 0.123 e. The number of hydrogen-bond donors (Lipinski definition) is 0. The Morgan fingerprint density at radius 1 is 1.00 bits per heavy atom. The number of rotatable bonds is 6. The molecule has 0 saturated heterocycles. The summed E-state index contributed by atoms with van der Waals surface area (Å²) in [6, 6.07) is 0. The fourth-order valence-electron chi connectivity index (χ4n) is 4.56. The van der Waals surface area contributed by atoms with Crippen molar-refractivity contribution in [2.75, 3.05) is 0 Å². The van der Waals surface area contributed by atoms with Gasteiger partial charge in [0.05, 0.1) is 0 Å². The van der Waals surface area contributed by atoms with Gasteiger partial charge in [-0.05, 0) is 75.0 Å². The Bertz CT molecular complexity index is 293. The van der Waals surface area contributed by atoms with E-state index in [2.05, 4.69) is 19.6 Å². The summed E-state index contributed by atoms with van der Waals surface area (Å²) in [5, 5.41) is 0. The van der Waals surface area contributed by atoms with Crippen LogP contribution >= 0.6 is 0 Å². The van der Waals surface area contributed by atoms with Gasteiger partial charge >= 0.3 is 0 Å². The van der Waals surface area contributed by atoms with Crippen LogP contribution in [0.1, 0.15) is 71.1 Å². The molecule has 20 heavy (non-hydrogen) atoms. The third-order valence-electron chi connectivity index (χ3n) is 6.11. The van der Waals surface area contributed by atoms with Crippen LogP contribution in [0, 0.1) is 29.6 Å². The molecule has 0 heterocycles. The second-order valence-electron chi connectivity index (χ2n) is 7.32. The van der Waals surface area contributed by atoms with Crippen molar-refractivity contribution in [1.82, 2.24) is 0 Å². The fraction of sp³-hybridized carbons (Fsp3) is 0.842. The molecule has 0 radical (unpaired) electrons. The molecule has 1 heteroatoms. The summed E-state index contributed by atoms with van der Waals surface area (Å²) < 4.78 is 0. The lowest BCUT2D eigenvalue weighted by Crippen LogP contribution is -2.28.